The minimum absolute atomic E-state index is 0.0405. The summed E-state index contributed by atoms with van der Waals surface area (Å²) in [4.78, 5) is 18.1. The summed E-state index contributed by atoms with van der Waals surface area (Å²) in [6, 6.07) is 15.3. The van der Waals surface area contributed by atoms with E-state index in [1.165, 1.54) is 10.9 Å². The third-order valence-corrected chi connectivity index (χ3v) is 5.20. The molecule has 2 N–H and O–H groups in total. The van der Waals surface area contributed by atoms with E-state index in [2.05, 4.69) is 27.0 Å². The Balaban J connectivity index is 1.71. The van der Waals surface area contributed by atoms with Gasteiger partial charge < -0.3 is 15.0 Å². The van der Waals surface area contributed by atoms with Crippen molar-refractivity contribution in [1.82, 2.24) is 9.88 Å². The summed E-state index contributed by atoms with van der Waals surface area (Å²) in [6.45, 7) is 0.450. The van der Waals surface area contributed by atoms with Crippen LogP contribution in [0, 0.1) is 0 Å². The van der Waals surface area contributed by atoms with Crippen molar-refractivity contribution in [2.45, 2.75) is 19.0 Å². The molecule has 1 aliphatic rings. The molecule has 0 spiro atoms. The number of hydrogen-bond donors (Lipinski definition) is 2. The summed E-state index contributed by atoms with van der Waals surface area (Å²) < 4.78 is 0.939. The number of rotatable bonds is 2. The lowest BCUT2D eigenvalue weighted by Crippen LogP contribution is -2.46. The first-order chi connectivity index (χ1) is 11.7. The monoisotopic (exact) mass is 384 g/mol. The molecule has 4 nitrogen and oxygen atoms in total. The van der Waals surface area contributed by atoms with Crippen LogP contribution in [0.2, 0.25) is 0 Å². The second-order valence-electron chi connectivity index (χ2n) is 6.11. The van der Waals surface area contributed by atoms with Gasteiger partial charge in [0.05, 0.1) is 19.2 Å². The second kappa shape index (κ2) is 6.07. The number of carbonyl (C=O) groups is 1. The Hall–Kier alpha value is -2.11. The summed E-state index contributed by atoms with van der Waals surface area (Å²) in [7, 11) is 0. The van der Waals surface area contributed by atoms with Crippen LogP contribution in [0.5, 0.6) is 0 Å². The standard InChI is InChI=1S/C19H17BrN2O2/c20-13-7-5-12(6-8-13)19(24)22-10-18-16(9-14(22)11-23)15-3-1-2-4-17(15)21-18/h1-8,14,21,23H,9-11H2. The van der Waals surface area contributed by atoms with Crippen molar-refractivity contribution in [3.05, 3.63) is 69.8 Å². The number of H-pyrrole nitrogens is 1. The largest absolute Gasteiger partial charge is 0.394 e. The first-order valence-corrected chi connectivity index (χ1v) is 8.72. The molecule has 0 saturated carbocycles. The second-order valence-corrected chi connectivity index (χ2v) is 7.02. The number of halogens is 1. The molecule has 1 aromatic heterocycles. The van der Waals surface area contributed by atoms with Crippen LogP contribution in [0.25, 0.3) is 10.9 Å². The molecule has 0 fully saturated rings. The fourth-order valence-electron chi connectivity index (χ4n) is 3.43. The summed E-state index contributed by atoms with van der Waals surface area (Å²) >= 11 is 3.39. The van der Waals surface area contributed by atoms with Gasteiger partial charge in [0.2, 0.25) is 0 Å². The van der Waals surface area contributed by atoms with Crippen molar-refractivity contribution in [1.29, 1.82) is 0 Å². The first kappa shape index (κ1) is 15.4. The fraction of sp³-hybridized carbons (Fsp3) is 0.211. The molecule has 2 heterocycles. The minimum atomic E-state index is -0.201. The molecule has 0 radical (unpaired) electrons. The summed E-state index contributed by atoms with van der Waals surface area (Å²) in [5.41, 5.74) is 3.99. The van der Waals surface area contributed by atoms with E-state index < -0.39 is 0 Å². The van der Waals surface area contributed by atoms with Gasteiger partial charge in [-0.05, 0) is 42.3 Å². The van der Waals surface area contributed by atoms with E-state index in [-0.39, 0.29) is 18.6 Å². The lowest BCUT2D eigenvalue weighted by atomic mass is 9.96. The highest BCUT2D eigenvalue weighted by atomic mass is 79.9. The van der Waals surface area contributed by atoms with Gasteiger partial charge in [-0.2, -0.15) is 0 Å². The predicted molar refractivity (Wildman–Crippen MR) is 96.9 cm³/mol. The van der Waals surface area contributed by atoms with E-state index >= 15 is 0 Å². The van der Waals surface area contributed by atoms with Crippen molar-refractivity contribution in [2.24, 2.45) is 0 Å². The zero-order chi connectivity index (χ0) is 16.7. The first-order valence-electron chi connectivity index (χ1n) is 7.93. The highest BCUT2D eigenvalue weighted by Crippen LogP contribution is 2.31. The molecule has 2 aromatic carbocycles. The molecular formula is C19H17BrN2O2. The normalized spacial score (nSPS) is 17.1. The van der Waals surface area contributed by atoms with Crippen molar-refractivity contribution in [3.63, 3.8) is 0 Å². The maximum absolute atomic E-state index is 12.9. The molecule has 4 rings (SSSR count). The number of aromatic amines is 1. The van der Waals surface area contributed by atoms with Crippen LogP contribution in [-0.4, -0.2) is 33.5 Å². The van der Waals surface area contributed by atoms with Gasteiger partial charge in [-0.25, -0.2) is 0 Å². The van der Waals surface area contributed by atoms with Crippen LogP contribution in [-0.2, 0) is 13.0 Å². The van der Waals surface area contributed by atoms with Crippen molar-refractivity contribution in [3.8, 4) is 0 Å². The number of nitrogens with one attached hydrogen (secondary N) is 1. The quantitative estimate of drug-likeness (QED) is 0.710. The van der Waals surface area contributed by atoms with Gasteiger partial charge in [0.15, 0.2) is 0 Å². The maximum Gasteiger partial charge on any atom is 0.254 e. The highest BCUT2D eigenvalue weighted by molar-refractivity contribution is 9.10. The highest BCUT2D eigenvalue weighted by Gasteiger charge is 2.32. The minimum Gasteiger partial charge on any atom is -0.394 e. The number of amides is 1. The number of fused-ring (bicyclic) bond motifs is 3. The molecule has 0 aliphatic carbocycles. The molecule has 5 heteroatoms. The van der Waals surface area contributed by atoms with Gasteiger partial charge in [0, 0.05) is 26.6 Å². The molecule has 3 aromatic rings. The van der Waals surface area contributed by atoms with Gasteiger partial charge >= 0.3 is 0 Å². The number of hydrogen-bond acceptors (Lipinski definition) is 2. The van der Waals surface area contributed by atoms with Gasteiger partial charge in [-0.3, -0.25) is 4.79 Å². The lowest BCUT2D eigenvalue weighted by Gasteiger charge is -2.34. The molecule has 24 heavy (non-hydrogen) atoms. The summed E-state index contributed by atoms with van der Waals surface area (Å²) in [6.07, 6.45) is 0.665. The Bertz CT molecular complexity index is 901. The van der Waals surface area contributed by atoms with E-state index in [1.54, 1.807) is 4.90 Å². The third kappa shape index (κ3) is 2.54. The molecule has 0 saturated heterocycles. The predicted octanol–water partition coefficient (Wildman–Crippen LogP) is 3.49. The zero-order valence-electron chi connectivity index (χ0n) is 13.0. The average molecular weight is 385 g/mol. The van der Waals surface area contributed by atoms with Crippen molar-refractivity contribution in [2.75, 3.05) is 6.61 Å². The molecule has 1 atom stereocenters. The van der Waals surface area contributed by atoms with Crippen LogP contribution >= 0.6 is 15.9 Å². The molecule has 1 unspecified atom stereocenters. The number of aliphatic hydroxyl groups is 1. The topological polar surface area (TPSA) is 56.3 Å². The van der Waals surface area contributed by atoms with Gasteiger partial charge in [0.25, 0.3) is 5.91 Å². The van der Waals surface area contributed by atoms with E-state index in [1.807, 2.05) is 42.5 Å². The third-order valence-electron chi connectivity index (χ3n) is 4.67. The molecular weight excluding hydrogens is 368 g/mol. The van der Waals surface area contributed by atoms with Crippen LogP contribution in [0.4, 0.5) is 0 Å². The number of para-hydroxylation sites is 1. The van der Waals surface area contributed by atoms with Crippen LogP contribution in [0.3, 0.4) is 0 Å². The van der Waals surface area contributed by atoms with Crippen LogP contribution < -0.4 is 0 Å². The lowest BCUT2D eigenvalue weighted by molar-refractivity contribution is 0.0541. The molecule has 0 bridgehead atoms. The SMILES string of the molecule is O=C(c1ccc(Br)cc1)N1Cc2[nH]c3ccccc3c2CC1CO. The molecule has 1 amide bonds. The smallest absolute Gasteiger partial charge is 0.254 e. The Morgan fingerprint density at radius 3 is 2.71 bits per heavy atom. The number of nitrogens with zero attached hydrogens (tertiary/aromatic N) is 1. The zero-order valence-corrected chi connectivity index (χ0v) is 14.6. The Labute approximate surface area is 148 Å². The van der Waals surface area contributed by atoms with Crippen molar-refractivity contribution < 1.29 is 9.90 Å². The number of carbonyl (C=O) groups excluding carboxylic acids is 1. The van der Waals surface area contributed by atoms with E-state index in [0.717, 1.165) is 15.7 Å². The van der Waals surface area contributed by atoms with Gasteiger partial charge in [0.1, 0.15) is 0 Å². The van der Waals surface area contributed by atoms with E-state index in [4.69, 9.17) is 0 Å². The number of aliphatic hydroxyl groups excluding tert-OH is 1. The Kier molecular flexibility index (Phi) is 3.90. The average Bonchev–Trinajstić information content (AvgIpc) is 2.98. The van der Waals surface area contributed by atoms with Crippen molar-refractivity contribution >= 4 is 32.7 Å². The van der Waals surface area contributed by atoms with Gasteiger partial charge in [-0.1, -0.05) is 34.1 Å². The Morgan fingerprint density at radius 2 is 1.96 bits per heavy atom. The molecule has 1 aliphatic heterocycles. The van der Waals surface area contributed by atoms with Crippen LogP contribution in [0.1, 0.15) is 21.6 Å². The number of benzene rings is 2. The van der Waals surface area contributed by atoms with E-state index in [0.29, 0.717) is 18.5 Å². The fourth-order valence-corrected chi connectivity index (χ4v) is 3.69. The van der Waals surface area contributed by atoms with Gasteiger partial charge in [-0.15, -0.1) is 0 Å². The maximum atomic E-state index is 12.9. The van der Waals surface area contributed by atoms with Crippen LogP contribution in [0.15, 0.2) is 53.0 Å². The molecule has 122 valence electrons. The summed E-state index contributed by atoms with van der Waals surface area (Å²) in [5, 5.41) is 11.0. The number of aromatic nitrogens is 1. The van der Waals surface area contributed by atoms with E-state index in [9.17, 15) is 9.90 Å². The summed E-state index contributed by atoms with van der Waals surface area (Å²) in [5.74, 6) is -0.0501. The Morgan fingerprint density at radius 1 is 1.21 bits per heavy atom.